The van der Waals surface area contributed by atoms with Crippen molar-refractivity contribution < 1.29 is 0 Å². The van der Waals surface area contributed by atoms with Gasteiger partial charge >= 0.3 is 0 Å². The van der Waals surface area contributed by atoms with Gasteiger partial charge in [0.15, 0.2) is 0 Å². The van der Waals surface area contributed by atoms with E-state index in [1.54, 1.807) is 0 Å². The molecule has 1 aromatic rings. The highest BCUT2D eigenvalue weighted by Gasteiger charge is 2.19. The van der Waals surface area contributed by atoms with E-state index < -0.39 is 0 Å². The summed E-state index contributed by atoms with van der Waals surface area (Å²) in [5.74, 6) is 0.849. The first-order valence-corrected chi connectivity index (χ1v) is 6.68. The molecule has 1 aromatic carbocycles. The Bertz CT molecular complexity index is 359. The monoisotopic (exact) mass is 282 g/mol. The molecule has 0 spiro atoms. The molecule has 1 aliphatic heterocycles. The van der Waals surface area contributed by atoms with Gasteiger partial charge in [-0.15, -0.1) is 0 Å². The molecule has 0 saturated carbocycles. The van der Waals surface area contributed by atoms with Gasteiger partial charge in [-0.1, -0.05) is 6.92 Å². The van der Waals surface area contributed by atoms with Gasteiger partial charge in [0.05, 0.1) is 11.4 Å². The number of nitrogens with two attached hydrogens (primary N) is 1. The lowest BCUT2D eigenvalue weighted by Gasteiger charge is -2.33. The fourth-order valence-corrected chi connectivity index (χ4v) is 3.17. The minimum absolute atomic E-state index is 0.849. The van der Waals surface area contributed by atoms with Crippen molar-refractivity contribution in [3.05, 3.63) is 22.2 Å². The van der Waals surface area contributed by atoms with Crippen LogP contribution in [0.3, 0.4) is 0 Å². The van der Waals surface area contributed by atoms with E-state index in [1.165, 1.54) is 24.1 Å². The average Bonchev–Trinajstić information content (AvgIpc) is 2.19. The van der Waals surface area contributed by atoms with Gasteiger partial charge in [0, 0.05) is 17.6 Å². The van der Waals surface area contributed by atoms with E-state index in [1.807, 2.05) is 0 Å². The first kappa shape index (κ1) is 11.8. The molecular formula is C13H19BrN2. The quantitative estimate of drug-likeness (QED) is 0.798. The lowest BCUT2D eigenvalue weighted by Crippen LogP contribution is -2.33. The van der Waals surface area contributed by atoms with Crippen molar-refractivity contribution in [1.82, 2.24) is 0 Å². The summed E-state index contributed by atoms with van der Waals surface area (Å²) < 4.78 is 1.12. The third kappa shape index (κ3) is 2.34. The highest BCUT2D eigenvalue weighted by molar-refractivity contribution is 9.10. The zero-order valence-corrected chi connectivity index (χ0v) is 11.5. The van der Waals surface area contributed by atoms with Crippen LogP contribution in [0.4, 0.5) is 11.4 Å². The number of anilines is 2. The summed E-state index contributed by atoms with van der Waals surface area (Å²) in [7, 11) is 0. The minimum Gasteiger partial charge on any atom is -0.397 e. The van der Waals surface area contributed by atoms with Crippen LogP contribution >= 0.6 is 15.9 Å². The van der Waals surface area contributed by atoms with Crippen LogP contribution in [0, 0.1) is 12.8 Å². The van der Waals surface area contributed by atoms with Gasteiger partial charge in [-0.2, -0.15) is 0 Å². The van der Waals surface area contributed by atoms with Gasteiger partial charge in [0.25, 0.3) is 0 Å². The number of hydrogen-bond donors (Lipinski definition) is 1. The van der Waals surface area contributed by atoms with E-state index in [0.29, 0.717) is 0 Å². The number of nitrogens with zero attached hydrogens (tertiary/aromatic N) is 1. The van der Waals surface area contributed by atoms with Crippen LogP contribution in [0.25, 0.3) is 0 Å². The number of halogens is 1. The van der Waals surface area contributed by atoms with E-state index in [-0.39, 0.29) is 0 Å². The van der Waals surface area contributed by atoms with Gasteiger partial charge in [-0.05, 0) is 59.3 Å². The van der Waals surface area contributed by atoms with Crippen molar-refractivity contribution in [3.8, 4) is 0 Å². The maximum absolute atomic E-state index is 6.12. The Balaban J connectivity index is 2.26. The van der Waals surface area contributed by atoms with Crippen LogP contribution < -0.4 is 10.6 Å². The molecule has 0 amide bonds. The minimum atomic E-state index is 0.849. The van der Waals surface area contributed by atoms with Crippen LogP contribution in [0.5, 0.6) is 0 Å². The standard InChI is InChI=1S/C13H19BrN2/c1-9-3-5-16(6-4-9)13-11(14)7-10(2)8-12(13)15/h7-9H,3-6,15H2,1-2H3. The number of nitrogen functional groups attached to an aromatic ring is 1. The molecule has 88 valence electrons. The lowest BCUT2D eigenvalue weighted by molar-refractivity contribution is 0.438. The number of hydrogen-bond acceptors (Lipinski definition) is 2. The molecule has 2 rings (SSSR count). The molecule has 2 nitrogen and oxygen atoms in total. The molecule has 0 radical (unpaired) electrons. The average molecular weight is 283 g/mol. The van der Waals surface area contributed by atoms with Gasteiger partial charge < -0.3 is 10.6 Å². The van der Waals surface area contributed by atoms with Gasteiger partial charge in [0.2, 0.25) is 0 Å². The number of benzene rings is 1. The van der Waals surface area contributed by atoms with Crippen LogP contribution in [0.2, 0.25) is 0 Å². The third-order valence-electron chi connectivity index (χ3n) is 3.34. The summed E-state index contributed by atoms with van der Waals surface area (Å²) in [6, 6.07) is 4.20. The number of piperidine rings is 1. The molecule has 1 aliphatic rings. The van der Waals surface area contributed by atoms with Crippen molar-refractivity contribution in [1.29, 1.82) is 0 Å². The van der Waals surface area contributed by atoms with Gasteiger partial charge in [-0.25, -0.2) is 0 Å². The molecule has 2 N–H and O–H groups in total. The van der Waals surface area contributed by atoms with E-state index in [2.05, 4.69) is 46.8 Å². The number of rotatable bonds is 1. The molecule has 0 aromatic heterocycles. The fourth-order valence-electron chi connectivity index (χ4n) is 2.33. The van der Waals surface area contributed by atoms with Gasteiger partial charge in [0.1, 0.15) is 0 Å². The van der Waals surface area contributed by atoms with E-state index in [0.717, 1.165) is 29.2 Å². The van der Waals surface area contributed by atoms with Crippen LogP contribution in [-0.2, 0) is 0 Å². The largest absolute Gasteiger partial charge is 0.397 e. The number of aryl methyl sites for hydroxylation is 1. The summed E-state index contributed by atoms with van der Waals surface area (Å²) in [6.45, 7) is 6.63. The Morgan fingerprint density at radius 1 is 1.31 bits per heavy atom. The topological polar surface area (TPSA) is 29.3 Å². The van der Waals surface area contributed by atoms with Crippen molar-refractivity contribution in [3.63, 3.8) is 0 Å². The molecule has 1 heterocycles. The Labute approximate surface area is 106 Å². The SMILES string of the molecule is Cc1cc(N)c(N2CCC(C)CC2)c(Br)c1. The lowest BCUT2D eigenvalue weighted by atomic mass is 9.98. The van der Waals surface area contributed by atoms with Gasteiger partial charge in [-0.3, -0.25) is 0 Å². The highest BCUT2D eigenvalue weighted by atomic mass is 79.9. The summed E-state index contributed by atoms with van der Waals surface area (Å²) in [6.07, 6.45) is 2.53. The summed E-state index contributed by atoms with van der Waals surface area (Å²) in [5.41, 5.74) is 9.39. The van der Waals surface area contributed by atoms with Crippen molar-refractivity contribution in [2.45, 2.75) is 26.7 Å². The molecule has 1 fully saturated rings. The molecule has 16 heavy (non-hydrogen) atoms. The van der Waals surface area contributed by atoms with Crippen LogP contribution in [-0.4, -0.2) is 13.1 Å². The van der Waals surface area contributed by atoms with E-state index in [9.17, 15) is 0 Å². The zero-order valence-electron chi connectivity index (χ0n) is 9.96. The summed E-state index contributed by atoms with van der Waals surface area (Å²) >= 11 is 3.63. The summed E-state index contributed by atoms with van der Waals surface area (Å²) in [5, 5.41) is 0. The van der Waals surface area contributed by atoms with Crippen molar-refractivity contribution >= 4 is 27.3 Å². The normalized spacial score (nSPS) is 17.8. The fraction of sp³-hybridized carbons (Fsp3) is 0.538. The maximum atomic E-state index is 6.12. The Morgan fingerprint density at radius 2 is 1.94 bits per heavy atom. The predicted molar refractivity (Wildman–Crippen MR) is 73.9 cm³/mol. The molecule has 3 heteroatoms. The second-order valence-electron chi connectivity index (χ2n) is 4.85. The van der Waals surface area contributed by atoms with Crippen molar-refractivity contribution in [2.75, 3.05) is 23.7 Å². The first-order chi connectivity index (χ1) is 7.58. The van der Waals surface area contributed by atoms with E-state index >= 15 is 0 Å². The second kappa shape index (κ2) is 4.66. The highest BCUT2D eigenvalue weighted by Crippen LogP contribution is 2.35. The Hall–Kier alpha value is -0.700. The molecule has 0 bridgehead atoms. The van der Waals surface area contributed by atoms with Crippen LogP contribution in [0.1, 0.15) is 25.3 Å². The zero-order chi connectivity index (χ0) is 11.7. The Morgan fingerprint density at radius 3 is 2.50 bits per heavy atom. The Kier molecular flexibility index (Phi) is 3.43. The molecular weight excluding hydrogens is 264 g/mol. The first-order valence-electron chi connectivity index (χ1n) is 5.88. The molecule has 0 unspecified atom stereocenters. The van der Waals surface area contributed by atoms with Crippen LogP contribution in [0.15, 0.2) is 16.6 Å². The predicted octanol–water partition coefficient (Wildman–Crippen LogP) is 3.58. The molecule has 0 aliphatic carbocycles. The van der Waals surface area contributed by atoms with Crippen molar-refractivity contribution in [2.24, 2.45) is 5.92 Å². The molecule has 0 atom stereocenters. The molecule has 1 saturated heterocycles. The van der Waals surface area contributed by atoms with E-state index in [4.69, 9.17) is 5.73 Å². The smallest absolute Gasteiger partial charge is 0.0744 e. The summed E-state index contributed by atoms with van der Waals surface area (Å²) in [4.78, 5) is 2.40. The second-order valence-corrected chi connectivity index (χ2v) is 5.71. The maximum Gasteiger partial charge on any atom is 0.0744 e. The third-order valence-corrected chi connectivity index (χ3v) is 3.94.